The lowest BCUT2D eigenvalue weighted by atomic mass is 10.1. The van der Waals surface area contributed by atoms with Gasteiger partial charge in [0.25, 0.3) is 5.91 Å². The molecule has 0 aliphatic carbocycles. The molecule has 1 aliphatic heterocycles. The van der Waals surface area contributed by atoms with Gasteiger partial charge in [-0.25, -0.2) is 9.97 Å². The van der Waals surface area contributed by atoms with Crippen LogP contribution in [0.4, 0.5) is 5.82 Å². The molecule has 2 heterocycles. The molecule has 0 N–H and O–H groups in total. The van der Waals surface area contributed by atoms with Crippen molar-refractivity contribution >= 4 is 34.2 Å². The van der Waals surface area contributed by atoms with Gasteiger partial charge in [0.1, 0.15) is 11.6 Å². The van der Waals surface area contributed by atoms with E-state index in [1.165, 1.54) is 5.56 Å². The molecular formula is C27H25ClN4O. The smallest absolute Gasteiger partial charge is 0.253 e. The molecular weight excluding hydrogens is 432 g/mol. The fourth-order valence-electron chi connectivity index (χ4n) is 4.23. The quantitative estimate of drug-likeness (QED) is 0.426. The molecule has 0 unspecified atom stereocenters. The number of aromatic nitrogens is 2. The van der Waals surface area contributed by atoms with Crippen molar-refractivity contribution in [2.45, 2.75) is 13.3 Å². The summed E-state index contributed by atoms with van der Waals surface area (Å²) >= 11 is 6.27. The summed E-state index contributed by atoms with van der Waals surface area (Å²) in [6.07, 6.45) is 0.655. The Balaban J connectivity index is 1.40. The second-order valence-electron chi connectivity index (χ2n) is 8.43. The molecule has 5 rings (SSSR count). The summed E-state index contributed by atoms with van der Waals surface area (Å²) in [7, 11) is 0. The standard InChI is InChI=1S/C27H25ClN4O/c1-19-7-9-21(10-8-19)27(33)32-15-13-31(14-16-32)26-23-12-11-22(28)18-24(23)29-25(30-26)17-20-5-3-2-4-6-20/h2-12,18H,13-17H2,1H3. The van der Waals surface area contributed by atoms with Gasteiger partial charge < -0.3 is 9.80 Å². The number of hydrogen-bond acceptors (Lipinski definition) is 4. The predicted octanol–water partition coefficient (Wildman–Crippen LogP) is 5.14. The number of rotatable bonds is 4. The third-order valence-electron chi connectivity index (χ3n) is 6.06. The van der Waals surface area contributed by atoms with Crippen LogP contribution in [-0.4, -0.2) is 47.0 Å². The first-order valence-corrected chi connectivity index (χ1v) is 11.6. The minimum absolute atomic E-state index is 0.0822. The Hall–Kier alpha value is -3.44. The molecule has 0 atom stereocenters. The molecule has 166 valence electrons. The van der Waals surface area contributed by atoms with Crippen molar-refractivity contribution in [1.29, 1.82) is 0 Å². The summed E-state index contributed by atoms with van der Waals surface area (Å²) in [5, 5.41) is 1.64. The van der Waals surface area contributed by atoms with Crippen LogP contribution in [0.25, 0.3) is 10.9 Å². The van der Waals surface area contributed by atoms with E-state index >= 15 is 0 Å². The van der Waals surface area contributed by atoms with Gasteiger partial charge in [-0.05, 0) is 42.8 Å². The van der Waals surface area contributed by atoms with Crippen molar-refractivity contribution in [2.75, 3.05) is 31.1 Å². The highest BCUT2D eigenvalue weighted by Crippen LogP contribution is 2.28. The number of amides is 1. The number of hydrogen-bond donors (Lipinski definition) is 0. The summed E-state index contributed by atoms with van der Waals surface area (Å²) in [6, 6.07) is 23.8. The number of nitrogens with zero attached hydrogens (tertiary/aromatic N) is 4. The second kappa shape index (κ2) is 9.20. The molecule has 1 aromatic heterocycles. The number of aryl methyl sites for hydroxylation is 1. The molecule has 3 aromatic carbocycles. The highest BCUT2D eigenvalue weighted by atomic mass is 35.5. The number of piperazine rings is 1. The van der Waals surface area contributed by atoms with Crippen molar-refractivity contribution in [1.82, 2.24) is 14.9 Å². The molecule has 33 heavy (non-hydrogen) atoms. The van der Waals surface area contributed by atoms with Crippen molar-refractivity contribution in [3.63, 3.8) is 0 Å². The number of halogens is 1. The van der Waals surface area contributed by atoms with Gasteiger partial charge in [0, 0.05) is 48.6 Å². The Morgan fingerprint density at radius 2 is 1.64 bits per heavy atom. The summed E-state index contributed by atoms with van der Waals surface area (Å²) in [6.45, 7) is 4.77. The van der Waals surface area contributed by atoms with Gasteiger partial charge in [-0.1, -0.05) is 59.6 Å². The van der Waals surface area contributed by atoms with E-state index < -0.39 is 0 Å². The molecule has 0 spiro atoms. The third kappa shape index (κ3) is 4.69. The lowest BCUT2D eigenvalue weighted by molar-refractivity contribution is 0.0746. The zero-order valence-corrected chi connectivity index (χ0v) is 19.3. The van der Waals surface area contributed by atoms with Crippen LogP contribution in [0, 0.1) is 6.92 Å². The maximum absolute atomic E-state index is 12.9. The zero-order chi connectivity index (χ0) is 22.8. The predicted molar refractivity (Wildman–Crippen MR) is 133 cm³/mol. The van der Waals surface area contributed by atoms with E-state index in [1.54, 1.807) is 0 Å². The SMILES string of the molecule is Cc1ccc(C(=O)N2CCN(c3nc(Cc4ccccc4)nc4cc(Cl)ccc34)CC2)cc1. The maximum Gasteiger partial charge on any atom is 0.253 e. The van der Waals surface area contributed by atoms with E-state index in [0.29, 0.717) is 24.5 Å². The molecule has 6 heteroatoms. The van der Waals surface area contributed by atoms with Crippen LogP contribution in [0.5, 0.6) is 0 Å². The normalized spacial score (nSPS) is 14.0. The van der Waals surface area contributed by atoms with Crippen LogP contribution < -0.4 is 4.90 Å². The van der Waals surface area contributed by atoms with E-state index in [-0.39, 0.29) is 5.91 Å². The average Bonchev–Trinajstić information content (AvgIpc) is 2.84. The summed E-state index contributed by atoms with van der Waals surface area (Å²) in [5.41, 5.74) is 3.90. The number of anilines is 1. The lowest BCUT2D eigenvalue weighted by Gasteiger charge is -2.36. The molecule has 0 bridgehead atoms. The Morgan fingerprint density at radius 1 is 0.909 bits per heavy atom. The molecule has 1 fully saturated rings. The topological polar surface area (TPSA) is 49.3 Å². The average molecular weight is 457 g/mol. The van der Waals surface area contributed by atoms with Crippen LogP contribution in [-0.2, 0) is 6.42 Å². The van der Waals surface area contributed by atoms with Crippen molar-refractivity contribution in [3.05, 3.63) is 100 Å². The minimum atomic E-state index is 0.0822. The Kier molecular flexibility index (Phi) is 5.97. The van der Waals surface area contributed by atoms with Crippen molar-refractivity contribution < 1.29 is 4.79 Å². The van der Waals surface area contributed by atoms with E-state index in [0.717, 1.165) is 46.8 Å². The number of benzene rings is 3. The fraction of sp³-hybridized carbons (Fsp3) is 0.222. The Morgan fingerprint density at radius 3 is 2.36 bits per heavy atom. The summed E-state index contributed by atoms with van der Waals surface area (Å²) in [4.78, 5) is 26.9. The molecule has 0 saturated carbocycles. The first-order chi connectivity index (χ1) is 16.1. The van der Waals surface area contributed by atoms with Gasteiger partial charge in [0.2, 0.25) is 0 Å². The number of carbonyl (C=O) groups excluding carboxylic acids is 1. The second-order valence-corrected chi connectivity index (χ2v) is 8.87. The van der Waals surface area contributed by atoms with Crippen molar-refractivity contribution in [2.24, 2.45) is 0 Å². The molecule has 1 saturated heterocycles. The summed E-state index contributed by atoms with van der Waals surface area (Å²) in [5.74, 6) is 1.76. The molecule has 4 aromatic rings. The molecule has 0 radical (unpaired) electrons. The van der Waals surface area contributed by atoms with Gasteiger partial charge in [-0.3, -0.25) is 4.79 Å². The molecule has 1 aliphatic rings. The van der Waals surface area contributed by atoms with Gasteiger partial charge in [0.05, 0.1) is 5.52 Å². The van der Waals surface area contributed by atoms with Crippen molar-refractivity contribution in [3.8, 4) is 0 Å². The van der Waals surface area contributed by atoms with E-state index in [1.807, 2.05) is 72.5 Å². The molecule has 5 nitrogen and oxygen atoms in total. The Bertz CT molecular complexity index is 1280. The van der Waals surface area contributed by atoms with Gasteiger partial charge in [-0.15, -0.1) is 0 Å². The maximum atomic E-state index is 12.9. The van der Waals surface area contributed by atoms with Crippen LogP contribution in [0.1, 0.15) is 27.3 Å². The third-order valence-corrected chi connectivity index (χ3v) is 6.29. The number of fused-ring (bicyclic) bond motifs is 1. The highest BCUT2D eigenvalue weighted by Gasteiger charge is 2.24. The largest absolute Gasteiger partial charge is 0.352 e. The van der Waals surface area contributed by atoms with Crippen LogP contribution >= 0.6 is 11.6 Å². The first-order valence-electron chi connectivity index (χ1n) is 11.2. The fourth-order valence-corrected chi connectivity index (χ4v) is 4.40. The van der Waals surface area contributed by atoms with Crippen LogP contribution in [0.3, 0.4) is 0 Å². The van der Waals surface area contributed by atoms with E-state index in [4.69, 9.17) is 21.6 Å². The number of carbonyl (C=O) groups is 1. The Labute approximate surface area is 198 Å². The van der Waals surface area contributed by atoms with Crippen LogP contribution in [0.2, 0.25) is 5.02 Å². The first kappa shape index (κ1) is 21.4. The van der Waals surface area contributed by atoms with E-state index in [9.17, 15) is 4.79 Å². The zero-order valence-electron chi connectivity index (χ0n) is 18.5. The van der Waals surface area contributed by atoms with Gasteiger partial charge in [0.15, 0.2) is 0 Å². The molecule has 1 amide bonds. The minimum Gasteiger partial charge on any atom is -0.352 e. The van der Waals surface area contributed by atoms with Gasteiger partial charge in [-0.2, -0.15) is 0 Å². The highest BCUT2D eigenvalue weighted by molar-refractivity contribution is 6.31. The van der Waals surface area contributed by atoms with Gasteiger partial charge >= 0.3 is 0 Å². The van der Waals surface area contributed by atoms with Crippen LogP contribution in [0.15, 0.2) is 72.8 Å². The van der Waals surface area contributed by atoms with E-state index in [2.05, 4.69) is 17.0 Å². The lowest BCUT2D eigenvalue weighted by Crippen LogP contribution is -2.49. The monoisotopic (exact) mass is 456 g/mol. The summed E-state index contributed by atoms with van der Waals surface area (Å²) < 4.78 is 0.